The van der Waals surface area contributed by atoms with E-state index >= 15 is 0 Å². The van der Waals surface area contributed by atoms with Gasteiger partial charge in [0.25, 0.3) is 0 Å². The third kappa shape index (κ3) is 3.88. The molecule has 0 amide bonds. The van der Waals surface area contributed by atoms with Crippen molar-refractivity contribution in [3.05, 3.63) is 34.9 Å². The average Bonchev–Trinajstić information content (AvgIpc) is 3.70. The van der Waals surface area contributed by atoms with Crippen LogP contribution in [0.5, 0.6) is 11.5 Å². The van der Waals surface area contributed by atoms with E-state index < -0.39 is 11.0 Å². The summed E-state index contributed by atoms with van der Waals surface area (Å²) >= 11 is 0. The number of aromatic hydroxyl groups is 1. The fourth-order valence-electron chi connectivity index (χ4n) is 13.9. The van der Waals surface area contributed by atoms with Crippen molar-refractivity contribution in [3.63, 3.8) is 0 Å². The summed E-state index contributed by atoms with van der Waals surface area (Å²) in [5, 5.41) is 44.5. The number of hydrogen-bond donors (Lipinski definition) is 3. The molecule has 2 aliphatic heterocycles. The van der Waals surface area contributed by atoms with Gasteiger partial charge in [0.2, 0.25) is 0 Å². The third-order valence-electron chi connectivity index (χ3n) is 16.5. The number of nitrogens with zero attached hydrogens (tertiary/aromatic N) is 3. The van der Waals surface area contributed by atoms with E-state index in [4.69, 9.17) is 14.9 Å². The molecule has 7 nitrogen and oxygen atoms in total. The SMILES string of the molecule is CC(=N/N=C1\CC[C@@]2(O)[C@H]3Cc4ccc(O)c5c4[C@@]2(CCN3CC2CC2)[C@H]1O5)[C@H]1CC[C@H]2[C@@H]3CC=C4C[C@@H](O)CC[C@]4(C)[C@H]3CC[C@]12C. The summed E-state index contributed by atoms with van der Waals surface area (Å²) in [7, 11) is 0. The smallest absolute Gasteiger partial charge is 0.166 e. The van der Waals surface area contributed by atoms with Gasteiger partial charge in [-0.05, 0) is 149 Å². The largest absolute Gasteiger partial charge is 0.504 e. The quantitative estimate of drug-likeness (QED) is 0.191. The molecule has 10 rings (SSSR count). The van der Waals surface area contributed by atoms with E-state index in [2.05, 4.69) is 37.8 Å². The van der Waals surface area contributed by atoms with Crippen molar-refractivity contribution >= 4 is 11.4 Å². The first-order chi connectivity index (χ1) is 23.1. The number of rotatable bonds is 4. The number of likely N-dealkylation sites (tertiary alicyclic amines) is 1. The van der Waals surface area contributed by atoms with E-state index in [0.29, 0.717) is 30.4 Å². The van der Waals surface area contributed by atoms with Crippen LogP contribution in [0.15, 0.2) is 34.0 Å². The number of aliphatic hydroxyl groups is 2. The lowest BCUT2D eigenvalue weighted by molar-refractivity contribution is -0.166. The number of phenols is 1. The minimum Gasteiger partial charge on any atom is -0.504 e. The highest BCUT2D eigenvalue weighted by molar-refractivity contribution is 5.95. The molecule has 7 heteroatoms. The van der Waals surface area contributed by atoms with Crippen molar-refractivity contribution in [2.24, 2.45) is 50.6 Å². The fraction of sp³-hybridized carbons (Fsp3) is 0.756. The van der Waals surface area contributed by atoms with E-state index in [1.165, 1.54) is 50.5 Å². The van der Waals surface area contributed by atoms with Gasteiger partial charge in [0.1, 0.15) is 0 Å². The molecule has 2 bridgehead atoms. The summed E-state index contributed by atoms with van der Waals surface area (Å²) in [5.74, 6) is 4.13. The third-order valence-corrected chi connectivity index (χ3v) is 16.5. The maximum absolute atomic E-state index is 12.8. The highest BCUT2D eigenvalue weighted by Gasteiger charge is 2.72. The Bertz CT molecular complexity index is 1650. The summed E-state index contributed by atoms with van der Waals surface area (Å²) in [5.41, 5.74) is 4.94. The number of ether oxygens (including phenoxy) is 1. The Morgan fingerprint density at radius 2 is 1.85 bits per heavy atom. The van der Waals surface area contributed by atoms with Gasteiger partial charge >= 0.3 is 0 Å². The van der Waals surface area contributed by atoms with Gasteiger partial charge in [0, 0.05) is 29.8 Å². The van der Waals surface area contributed by atoms with Gasteiger partial charge in [0.05, 0.1) is 22.8 Å². The second-order valence-electron chi connectivity index (χ2n) is 18.4. The van der Waals surface area contributed by atoms with Crippen LogP contribution in [0, 0.1) is 40.4 Å². The van der Waals surface area contributed by atoms with Crippen molar-refractivity contribution in [1.29, 1.82) is 0 Å². The predicted molar refractivity (Wildman–Crippen MR) is 187 cm³/mol. The van der Waals surface area contributed by atoms with Gasteiger partial charge in [-0.25, -0.2) is 0 Å². The Balaban J connectivity index is 0.951. The summed E-state index contributed by atoms with van der Waals surface area (Å²) in [6.07, 6.45) is 16.7. The average molecular weight is 654 g/mol. The molecule has 1 aromatic carbocycles. The first-order valence-corrected chi connectivity index (χ1v) is 19.5. The maximum atomic E-state index is 12.8. The molecule has 7 aliphatic carbocycles. The molecule has 48 heavy (non-hydrogen) atoms. The number of piperidine rings is 1. The van der Waals surface area contributed by atoms with E-state index in [1.54, 1.807) is 11.6 Å². The van der Waals surface area contributed by atoms with Crippen LogP contribution >= 0.6 is 0 Å². The van der Waals surface area contributed by atoms with Crippen LogP contribution in [0.3, 0.4) is 0 Å². The Kier molecular flexibility index (Phi) is 6.49. The van der Waals surface area contributed by atoms with Crippen molar-refractivity contribution in [2.75, 3.05) is 13.1 Å². The molecule has 3 N–H and O–H groups in total. The van der Waals surface area contributed by atoms with E-state index in [9.17, 15) is 15.3 Å². The van der Waals surface area contributed by atoms with Gasteiger partial charge in [-0.1, -0.05) is 31.6 Å². The molecule has 258 valence electrons. The van der Waals surface area contributed by atoms with Gasteiger partial charge in [-0.3, -0.25) is 4.90 Å². The second-order valence-corrected chi connectivity index (χ2v) is 18.4. The summed E-state index contributed by atoms with van der Waals surface area (Å²) in [6, 6.07) is 3.94. The highest BCUT2D eigenvalue weighted by atomic mass is 16.5. The molecule has 6 fully saturated rings. The number of allylic oxidation sites excluding steroid dienone is 1. The Morgan fingerprint density at radius 3 is 2.69 bits per heavy atom. The van der Waals surface area contributed by atoms with Crippen molar-refractivity contribution in [2.45, 2.75) is 140 Å². The van der Waals surface area contributed by atoms with Gasteiger partial charge in [0.15, 0.2) is 17.6 Å². The Labute approximate surface area is 285 Å². The van der Waals surface area contributed by atoms with Crippen LogP contribution in [-0.4, -0.2) is 68.6 Å². The van der Waals surface area contributed by atoms with E-state index in [0.717, 1.165) is 79.9 Å². The number of hydrogen-bond acceptors (Lipinski definition) is 7. The first-order valence-electron chi connectivity index (χ1n) is 19.5. The molecule has 11 atom stereocenters. The van der Waals surface area contributed by atoms with E-state index in [1.807, 2.05) is 0 Å². The highest BCUT2D eigenvalue weighted by Crippen LogP contribution is 2.67. The number of phenolic OH excluding ortho intramolecular Hbond substituents is 1. The van der Waals surface area contributed by atoms with Crippen LogP contribution in [0.1, 0.15) is 115 Å². The molecule has 0 aromatic heterocycles. The Hall–Kier alpha value is -2.22. The molecular weight excluding hydrogens is 598 g/mol. The molecule has 0 radical (unpaired) electrons. The molecule has 2 heterocycles. The standard InChI is InChI=1S/C41H55N3O4/c1-23(29-9-10-30-28-8-7-26-21-27(45)12-15-38(26,2)31(28)13-16-39(29,30)3)42-43-32-14-17-41(47)34-20-25-6-11-33(46)36-35(25)40(41,37(32)48-36)18-19-44(34)22-24-4-5-24/h6-7,11,24,27-31,34,37,45-47H,4-5,8-10,12-22H2,1-3H3/b42-23?,43-32+/t27-,28-,29+,30-,31-,34+,37-,38-,39+,40-,41+/m0/s1. The minimum atomic E-state index is -0.902. The number of fused-ring (bicyclic) bond motifs is 5. The molecular formula is C41H55N3O4. The van der Waals surface area contributed by atoms with Crippen molar-refractivity contribution < 1.29 is 20.1 Å². The monoisotopic (exact) mass is 653 g/mol. The topological polar surface area (TPSA) is 97.9 Å². The van der Waals surface area contributed by atoms with Crippen molar-refractivity contribution in [1.82, 2.24) is 4.90 Å². The zero-order valence-electron chi connectivity index (χ0n) is 29.3. The molecule has 5 saturated carbocycles. The summed E-state index contributed by atoms with van der Waals surface area (Å²) < 4.78 is 6.75. The Morgan fingerprint density at radius 1 is 1.00 bits per heavy atom. The van der Waals surface area contributed by atoms with Crippen LogP contribution < -0.4 is 4.74 Å². The number of benzene rings is 1. The number of aliphatic hydroxyl groups excluding tert-OH is 1. The second kappa shape index (κ2) is 10.2. The maximum Gasteiger partial charge on any atom is 0.166 e. The van der Waals surface area contributed by atoms with Crippen LogP contribution in [0.25, 0.3) is 0 Å². The van der Waals surface area contributed by atoms with Gasteiger partial charge in [-0.15, -0.1) is 0 Å². The lowest BCUT2D eigenvalue weighted by atomic mass is 9.47. The zero-order valence-corrected chi connectivity index (χ0v) is 29.3. The molecule has 1 aromatic rings. The first kappa shape index (κ1) is 30.6. The van der Waals surface area contributed by atoms with Crippen LogP contribution in [0.2, 0.25) is 0 Å². The molecule has 0 unspecified atom stereocenters. The lowest BCUT2D eigenvalue weighted by Crippen LogP contribution is -2.76. The minimum absolute atomic E-state index is 0.0740. The molecule has 1 spiro atoms. The summed E-state index contributed by atoms with van der Waals surface area (Å²) in [4.78, 5) is 2.59. The van der Waals surface area contributed by atoms with Crippen LogP contribution in [0.4, 0.5) is 0 Å². The normalized spacial score (nSPS) is 48.3. The molecule has 9 aliphatic rings. The summed E-state index contributed by atoms with van der Waals surface area (Å²) in [6.45, 7) is 9.33. The van der Waals surface area contributed by atoms with Gasteiger partial charge in [-0.2, -0.15) is 10.2 Å². The van der Waals surface area contributed by atoms with Gasteiger partial charge < -0.3 is 20.1 Å². The zero-order chi connectivity index (χ0) is 32.8. The lowest BCUT2D eigenvalue weighted by Gasteiger charge is -2.63. The van der Waals surface area contributed by atoms with E-state index in [-0.39, 0.29) is 34.8 Å². The fourth-order valence-corrected chi connectivity index (χ4v) is 13.9. The predicted octanol–water partition coefficient (Wildman–Crippen LogP) is 6.71. The molecule has 1 saturated heterocycles. The van der Waals surface area contributed by atoms with Crippen molar-refractivity contribution in [3.8, 4) is 11.5 Å². The van der Waals surface area contributed by atoms with Crippen LogP contribution in [-0.2, 0) is 11.8 Å².